The number of carboxylic acids is 1. The Morgan fingerprint density at radius 3 is 2.60 bits per heavy atom. The highest BCUT2D eigenvalue weighted by molar-refractivity contribution is 7.20. The number of aromatic carboxylic acids is 1. The van der Waals surface area contributed by atoms with Crippen LogP contribution in [0.5, 0.6) is 5.75 Å². The molecular formula is C34H32ClN7O4S. The molecule has 2 bridgehead atoms. The Morgan fingerprint density at radius 2 is 1.89 bits per heavy atom. The summed E-state index contributed by atoms with van der Waals surface area (Å²) >= 11 is 7.81. The summed E-state index contributed by atoms with van der Waals surface area (Å²) in [7, 11) is 2.11. The maximum absolute atomic E-state index is 14.0. The van der Waals surface area contributed by atoms with Crippen LogP contribution in [0.15, 0.2) is 35.3 Å². The largest absolute Gasteiger partial charge is 0.491 e. The number of rotatable bonds is 7. The number of fused-ring (bicyclic) bond motifs is 4. The van der Waals surface area contributed by atoms with E-state index in [1.54, 1.807) is 38.2 Å². The highest BCUT2D eigenvalue weighted by Gasteiger charge is 2.41. The number of hydrogen-bond donors (Lipinski definition) is 1. The average molecular weight is 670 g/mol. The number of carboxylic acid groups (broad SMARTS) is 1. The number of hydrogen-bond acceptors (Lipinski definition) is 10. The molecule has 2 aliphatic heterocycles. The van der Waals surface area contributed by atoms with Gasteiger partial charge in [-0.2, -0.15) is 5.26 Å². The summed E-state index contributed by atoms with van der Waals surface area (Å²) in [5.41, 5.74) is 3.09. The van der Waals surface area contributed by atoms with Gasteiger partial charge in [0.05, 0.1) is 39.4 Å². The van der Waals surface area contributed by atoms with Gasteiger partial charge in [-0.1, -0.05) is 11.6 Å². The zero-order valence-corrected chi connectivity index (χ0v) is 27.9. The van der Waals surface area contributed by atoms with Gasteiger partial charge in [-0.05, 0) is 64.9 Å². The number of likely N-dealkylation sites (tertiary alicyclic amines) is 1. The van der Waals surface area contributed by atoms with E-state index in [0.717, 1.165) is 36.2 Å². The van der Waals surface area contributed by atoms with Gasteiger partial charge in [0.15, 0.2) is 0 Å². The van der Waals surface area contributed by atoms with Gasteiger partial charge in [-0.15, -0.1) is 11.3 Å². The molecule has 5 aromatic rings. The molecule has 0 unspecified atom stereocenters. The molecule has 7 rings (SSSR count). The van der Waals surface area contributed by atoms with Crippen molar-refractivity contribution >= 4 is 55.8 Å². The first-order valence-corrected chi connectivity index (χ1v) is 16.6. The minimum atomic E-state index is -1.02. The van der Waals surface area contributed by atoms with Crippen molar-refractivity contribution < 1.29 is 14.6 Å². The number of nitrogens with zero attached hydrogens (tertiary/aromatic N) is 7. The molecule has 240 valence electrons. The Hall–Kier alpha value is -4.57. The number of anilines is 1. The predicted octanol–water partition coefficient (Wildman–Crippen LogP) is 5.58. The van der Waals surface area contributed by atoms with E-state index in [-0.39, 0.29) is 47.3 Å². The Balaban J connectivity index is 1.23. The van der Waals surface area contributed by atoms with Gasteiger partial charge < -0.3 is 19.6 Å². The van der Waals surface area contributed by atoms with E-state index in [1.807, 2.05) is 13.0 Å². The zero-order valence-electron chi connectivity index (χ0n) is 26.4. The molecule has 1 N–H and O–H groups in total. The quantitative estimate of drug-likeness (QED) is 0.234. The van der Waals surface area contributed by atoms with E-state index in [0.29, 0.717) is 49.6 Å². The number of carbonyl (C=O) groups is 1. The fraction of sp³-hybridized carbons (Fsp3) is 0.353. The summed E-state index contributed by atoms with van der Waals surface area (Å²) in [6.45, 7) is 7.43. The number of thiophene rings is 1. The van der Waals surface area contributed by atoms with Gasteiger partial charge in [0.1, 0.15) is 35.6 Å². The van der Waals surface area contributed by atoms with Gasteiger partial charge in [-0.3, -0.25) is 14.3 Å². The second-order valence-electron chi connectivity index (χ2n) is 12.3. The maximum Gasteiger partial charge on any atom is 0.339 e. The first-order valence-electron chi connectivity index (χ1n) is 15.4. The summed E-state index contributed by atoms with van der Waals surface area (Å²) in [6.07, 6.45) is 3.66. The van der Waals surface area contributed by atoms with Crippen LogP contribution in [0, 0.1) is 32.1 Å². The third-order valence-corrected chi connectivity index (χ3v) is 10.5. The normalized spacial score (nSPS) is 17.8. The molecule has 13 heteroatoms. The third-order valence-electron chi connectivity index (χ3n) is 9.16. The number of halogens is 1. The monoisotopic (exact) mass is 669 g/mol. The second-order valence-corrected chi connectivity index (χ2v) is 13.9. The van der Waals surface area contributed by atoms with E-state index in [4.69, 9.17) is 16.3 Å². The lowest BCUT2D eigenvalue weighted by molar-refractivity contribution is 0.0698. The van der Waals surface area contributed by atoms with Crippen LogP contribution in [0.2, 0.25) is 5.02 Å². The Kier molecular flexibility index (Phi) is 7.86. The summed E-state index contributed by atoms with van der Waals surface area (Å²) in [6, 6.07) is 9.96. The van der Waals surface area contributed by atoms with Crippen molar-refractivity contribution in [3.05, 3.63) is 73.4 Å². The highest BCUT2D eigenvalue weighted by Crippen LogP contribution is 2.42. The van der Waals surface area contributed by atoms with Gasteiger partial charge in [0.2, 0.25) is 0 Å². The van der Waals surface area contributed by atoms with Crippen LogP contribution >= 0.6 is 22.9 Å². The van der Waals surface area contributed by atoms with Crippen LogP contribution in [0.3, 0.4) is 0 Å². The fourth-order valence-electron chi connectivity index (χ4n) is 7.18. The molecule has 2 atom stereocenters. The topological polar surface area (TPSA) is 137 Å². The van der Waals surface area contributed by atoms with Crippen molar-refractivity contribution in [1.29, 1.82) is 5.26 Å². The summed E-state index contributed by atoms with van der Waals surface area (Å²) in [5.74, 6) is 0.551. The number of nitriles is 1. The zero-order chi connectivity index (χ0) is 33.1. The van der Waals surface area contributed by atoms with Gasteiger partial charge >= 0.3 is 5.97 Å². The second kappa shape index (κ2) is 11.9. The molecule has 2 saturated heterocycles. The molecule has 0 saturated carbocycles. The maximum atomic E-state index is 14.0. The van der Waals surface area contributed by atoms with Crippen molar-refractivity contribution in [3.63, 3.8) is 0 Å². The molecule has 4 aromatic heterocycles. The van der Waals surface area contributed by atoms with E-state index < -0.39 is 5.97 Å². The molecule has 11 nitrogen and oxygen atoms in total. The number of ether oxygens (including phenoxy) is 1. The SMILES string of the molecule is Cc1cc(-c2cc(Cl)ccc2OCCn2c(C)nc3cnc(N4[C@@H]5CC[C@H]4CN(C)C5)c(C#N)c3c2=O)c2sc(C)c(C(=O)O)c2n1. The fourth-order valence-corrected chi connectivity index (χ4v) is 8.46. The summed E-state index contributed by atoms with van der Waals surface area (Å²) in [4.78, 5) is 45.2. The predicted molar refractivity (Wildman–Crippen MR) is 182 cm³/mol. The van der Waals surface area contributed by atoms with Crippen molar-refractivity contribution in [2.75, 3.05) is 31.6 Å². The smallest absolute Gasteiger partial charge is 0.339 e. The Bertz CT molecular complexity index is 2190. The number of aryl methyl sites for hydroxylation is 3. The van der Waals surface area contributed by atoms with Crippen LogP contribution in [-0.2, 0) is 6.54 Å². The van der Waals surface area contributed by atoms with Crippen LogP contribution in [0.4, 0.5) is 5.82 Å². The Labute approximate surface area is 279 Å². The third kappa shape index (κ3) is 5.28. The summed E-state index contributed by atoms with van der Waals surface area (Å²) < 4.78 is 8.57. The van der Waals surface area contributed by atoms with Crippen molar-refractivity contribution in [2.45, 2.75) is 52.2 Å². The standard InChI is InChI=1S/C34H32ClN7O4S/c1-17-11-24(31-30(38-17)28(34(44)45)18(2)47-31)23-12-20(35)5-8-27(23)46-10-9-41-19(3)39-26-14-37-32(25(13-36)29(26)33(41)43)42-21-6-7-22(42)16-40(4)15-21/h5,8,11-12,14,21-22H,6-7,9-10,15-16H2,1-4H3,(H,44,45)/t21-,22+. The van der Waals surface area contributed by atoms with Crippen molar-refractivity contribution in [2.24, 2.45) is 0 Å². The lowest BCUT2D eigenvalue weighted by Gasteiger charge is -2.40. The number of aromatic nitrogens is 4. The van der Waals surface area contributed by atoms with Crippen LogP contribution < -0.4 is 15.2 Å². The number of pyridine rings is 2. The number of likely N-dealkylation sites (N-methyl/N-ethyl adjacent to an activating group) is 1. The Morgan fingerprint density at radius 1 is 1.15 bits per heavy atom. The molecule has 6 heterocycles. The molecular weight excluding hydrogens is 638 g/mol. The lowest BCUT2D eigenvalue weighted by atomic mass is 10.0. The van der Waals surface area contributed by atoms with Crippen LogP contribution in [-0.4, -0.2) is 74.3 Å². The van der Waals surface area contributed by atoms with Gasteiger partial charge in [0, 0.05) is 51.9 Å². The molecule has 0 spiro atoms. The molecule has 0 amide bonds. The lowest BCUT2D eigenvalue weighted by Crippen LogP contribution is -2.53. The number of piperazine rings is 1. The van der Waals surface area contributed by atoms with E-state index in [2.05, 4.69) is 37.9 Å². The van der Waals surface area contributed by atoms with Crippen molar-refractivity contribution in [3.8, 4) is 22.9 Å². The van der Waals surface area contributed by atoms with Gasteiger partial charge in [-0.25, -0.2) is 14.8 Å². The first kappa shape index (κ1) is 31.1. The van der Waals surface area contributed by atoms with Crippen molar-refractivity contribution in [1.82, 2.24) is 24.4 Å². The van der Waals surface area contributed by atoms with E-state index in [9.17, 15) is 20.0 Å². The average Bonchev–Trinajstić information content (AvgIpc) is 3.50. The molecule has 0 radical (unpaired) electrons. The van der Waals surface area contributed by atoms with E-state index in [1.165, 1.54) is 15.9 Å². The van der Waals surface area contributed by atoms with Gasteiger partial charge in [0.25, 0.3) is 5.56 Å². The molecule has 1 aromatic carbocycles. The number of benzene rings is 1. The summed E-state index contributed by atoms with van der Waals surface area (Å²) in [5, 5.41) is 20.9. The minimum Gasteiger partial charge on any atom is -0.491 e. The van der Waals surface area contributed by atoms with E-state index >= 15 is 0 Å². The first-order chi connectivity index (χ1) is 22.5. The highest BCUT2D eigenvalue weighted by atomic mass is 35.5. The molecule has 0 aliphatic carbocycles. The molecule has 2 aliphatic rings. The van der Waals surface area contributed by atoms with Crippen LogP contribution in [0.1, 0.15) is 45.2 Å². The molecule has 47 heavy (non-hydrogen) atoms. The molecule has 2 fully saturated rings. The minimum absolute atomic E-state index is 0.127. The van der Waals surface area contributed by atoms with Crippen LogP contribution in [0.25, 0.3) is 32.2 Å².